The highest BCUT2D eigenvalue weighted by Gasteiger charge is 2.33. The van der Waals surface area contributed by atoms with Crippen molar-refractivity contribution in [1.82, 2.24) is 9.80 Å². The molecule has 0 aromatic heterocycles. The van der Waals surface area contributed by atoms with E-state index >= 15 is 0 Å². The Morgan fingerprint density at radius 3 is 2.29 bits per heavy atom. The highest BCUT2D eigenvalue weighted by Crippen LogP contribution is 2.25. The summed E-state index contributed by atoms with van der Waals surface area (Å²) in [5.74, 6) is 1.13. The normalized spacial score (nSPS) is 26.5. The summed E-state index contributed by atoms with van der Waals surface area (Å²) in [5, 5.41) is 9.80. The van der Waals surface area contributed by atoms with Gasteiger partial charge in [-0.25, -0.2) is 0 Å². The van der Waals surface area contributed by atoms with Gasteiger partial charge in [-0.05, 0) is 62.7 Å². The van der Waals surface area contributed by atoms with Crippen molar-refractivity contribution in [3.05, 3.63) is 35.9 Å². The van der Waals surface area contributed by atoms with Crippen LogP contribution in [0.15, 0.2) is 30.3 Å². The Morgan fingerprint density at radius 1 is 0.875 bits per heavy atom. The molecule has 3 rings (SSSR count). The van der Waals surface area contributed by atoms with E-state index < -0.39 is 0 Å². The zero-order chi connectivity index (χ0) is 16.6. The van der Waals surface area contributed by atoms with Crippen LogP contribution in [0.25, 0.3) is 0 Å². The Kier molecular flexibility index (Phi) is 7.13. The maximum absolute atomic E-state index is 9.80. The molecule has 1 N–H and O–H groups in total. The minimum absolute atomic E-state index is 0.355. The summed E-state index contributed by atoms with van der Waals surface area (Å²) < 4.78 is 0. The average molecular weight is 331 g/mol. The lowest BCUT2D eigenvalue weighted by Gasteiger charge is -2.26. The monoisotopic (exact) mass is 330 g/mol. The Bertz CT molecular complexity index is 456. The Hall–Kier alpha value is -0.900. The van der Waals surface area contributed by atoms with E-state index in [-0.39, 0.29) is 0 Å². The largest absolute Gasteiger partial charge is 0.396 e. The van der Waals surface area contributed by atoms with Crippen molar-refractivity contribution in [3.63, 3.8) is 0 Å². The van der Waals surface area contributed by atoms with Gasteiger partial charge in [0.25, 0.3) is 0 Å². The van der Waals surface area contributed by atoms with E-state index in [1.807, 2.05) is 0 Å². The summed E-state index contributed by atoms with van der Waals surface area (Å²) in [7, 11) is 0. The first-order chi connectivity index (χ1) is 11.8. The van der Waals surface area contributed by atoms with Crippen LogP contribution in [0.5, 0.6) is 0 Å². The SMILES string of the molecule is OC[C@H]1CN(CCCc2ccccc2)C[C@H]1CN1CCCCCC1. The van der Waals surface area contributed by atoms with Crippen molar-refractivity contribution in [2.45, 2.75) is 38.5 Å². The van der Waals surface area contributed by atoms with Gasteiger partial charge < -0.3 is 14.9 Å². The molecule has 3 nitrogen and oxygen atoms in total. The number of aliphatic hydroxyl groups excluding tert-OH is 1. The molecule has 2 fully saturated rings. The molecule has 0 radical (unpaired) electrons. The van der Waals surface area contributed by atoms with Crippen LogP contribution < -0.4 is 0 Å². The van der Waals surface area contributed by atoms with Crippen LogP contribution in [0.2, 0.25) is 0 Å². The van der Waals surface area contributed by atoms with Crippen molar-refractivity contribution in [2.24, 2.45) is 11.8 Å². The molecule has 1 aromatic carbocycles. The quantitative estimate of drug-likeness (QED) is 0.832. The highest BCUT2D eigenvalue weighted by molar-refractivity contribution is 5.14. The van der Waals surface area contributed by atoms with Crippen molar-refractivity contribution in [1.29, 1.82) is 0 Å². The van der Waals surface area contributed by atoms with Gasteiger partial charge in [-0.1, -0.05) is 43.2 Å². The summed E-state index contributed by atoms with van der Waals surface area (Å²) in [6.45, 7) is 7.52. The molecular weight excluding hydrogens is 296 g/mol. The van der Waals surface area contributed by atoms with Crippen molar-refractivity contribution < 1.29 is 5.11 Å². The van der Waals surface area contributed by atoms with Crippen LogP contribution in [0.4, 0.5) is 0 Å². The second-order valence-electron chi connectivity index (χ2n) is 7.77. The molecule has 0 amide bonds. The molecule has 0 spiro atoms. The molecule has 2 heterocycles. The molecule has 0 bridgehead atoms. The van der Waals surface area contributed by atoms with Crippen LogP contribution in [-0.4, -0.2) is 60.8 Å². The number of aryl methyl sites for hydroxylation is 1. The third-order valence-corrected chi connectivity index (χ3v) is 5.86. The molecule has 2 saturated heterocycles. The van der Waals surface area contributed by atoms with Gasteiger partial charge in [0.1, 0.15) is 0 Å². The van der Waals surface area contributed by atoms with Crippen LogP contribution in [-0.2, 0) is 6.42 Å². The van der Waals surface area contributed by atoms with E-state index in [1.54, 1.807) is 0 Å². The third-order valence-electron chi connectivity index (χ3n) is 5.86. The first-order valence-corrected chi connectivity index (χ1v) is 9.94. The fourth-order valence-corrected chi connectivity index (χ4v) is 4.43. The van der Waals surface area contributed by atoms with Crippen molar-refractivity contribution >= 4 is 0 Å². The minimum atomic E-state index is 0.355. The number of hydrogen-bond acceptors (Lipinski definition) is 3. The first kappa shape index (κ1) is 17.9. The van der Waals surface area contributed by atoms with E-state index in [2.05, 4.69) is 40.1 Å². The fraction of sp³-hybridized carbons (Fsp3) is 0.714. The lowest BCUT2D eigenvalue weighted by atomic mass is 9.96. The van der Waals surface area contributed by atoms with Crippen LogP contribution >= 0.6 is 0 Å². The number of nitrogens with zero attached hydrogens (tertiary/aromatic N) is 2. The molecule has 24 heavy (non-hydrogen) atoms. The summed E-state index contributed by atoms with van der Waals surface area (Å²) >= 11 is 0. The summed E-state index contributed by atoms with van der Waals surface area (Å²) in [6.07, 6.45) is 7.90. The second kappa shape index (κ2) is 9.55. The highest BCUT2D eigenvalue weighted by atomic mass is 16.3. The number of benzene rings is 1. The maximum Gasteiger partial charge on any atom is 0.0475 e. The molecular formula is C21H34N2O. The number of aliphatic hydroxyl groups is 1. The number of rotatable bonds is 7. The van der Waals surface area contributed by atoms with Gasteiger partial charge in [-0.2, -0.15) is 0 Å². The summed E-state index contributed by atoms with van der Waals surface area (Å²) in [4.78, 5) is 5.25. The van der Waals surface area contributed by atoms with Crippen molar-refractivity contribution in [2.75, 3.05) is 45.9 Å². The Balaban J connectivity index is 1.43. The molecule has 0 aliphatic carbocycles. The molecule has 3 heteroatoms. The zero-order valence-corrected chi connectivity index (χ0v) is 15.1. The zero-order valence-electron chi connectivity index (χ0n) is 15.1. The maximum atomic E-state index is 9.80. The molecule has 0 unspecified atom stereocenters. The first-order valence-electron chi connectivity index (χ1n) is 9.94. The second-order valence-corrected chi connectivity index (χ2v) is 7.77. The van der Waals surface area contributed by atoms with Crippen molar-refractivity contribution in [3.8, 4) is 0 Å². The average Bonchev–Trinajstić information content (AvgIpc) is 2.81. The minimum Gasteiger partial charge on any atom is -0.396 e. The standard InChI is InChI=1S/C21H34N2O/c24-18-21-17-23(14-8-11-19-9-4-3-5-10-19)16-20(21)15-22-12-6-1-2-7-13-22/h3-5,9-10,20-21,24H,1-2,6-8,11-18H2/t20-,21-/m1/s1. The molecule has 2 atom stereocenters. The van der Waals surface area contributed by atoms with Gasteiger partial charge in [-0.15, -0.1) is 0 Å². The molecule has 134 valence electrons. The van der Waals surface area contributed by atoms with Crippen LogP contribution in [0.3, 0.4) is 0 Å². The topological polar surface area (TPSA) is 26.7 Å². The smallest absolute Gasteiger partial charge is 0.0475 e. The van der Waals surface area contributed by atoms with Gasteiger partial charge in [0, 0.05) is 26.2 Å². The Labute approximate surface area is 147 Å². The van der Waals surface area contributed by atoms with E-state index in [0.29, 0.717) is 18.4 Å². The van der Waals surface area contributed by atoms with Gasteiger partial charge in [-0.3, -0.25) is 0 Å². The van der Waals surface area contributed by atoms with Gasteiger partial charge >= 0.3 is 0 Å². The fourth-order valence-electron chi connectivity index (χ4n) is 4.43. The Morgan fingerprint density at radius 2 is 1.58 bits per heavy atom. The van der Waals surface area contributed by atoms with E-state index in [4.69, 9.17) is 0 Å². The summed E-state index contributed by atoms with van der Waals surface area (Å²) in [5.41, 5.74) is 1.44. The van der Waals surface area contributed by atoms with Gasteiger partial charge in [0.2, 0.25) is 0 Å². The molecule has 0 saturated carbocycles. The molecule has 2 aliphatic rings. The summed E-state index contributed by atoms with van der Waals surface area (Å²) in [6, 6.07) is 10.8. The lowest BCUT2D eigenvalue weighted by Crippen LogP contribution is -2.34. The van der Waals surface area contributed by atoms with Crippen LogP contribution in [0.1, 0.15) is 37.7 Å². The number of likely N-dealkylation sites (tertiary alicyclic amines) is 2. The molecule has 1 aromatic rings. The number of hydrogen-bond donors (Lipinski definition) is 1. The third kappa shape index (κ3) is 5.30. The van der Waals surface area contributed by atoms with Gasteiger partial charge in [0.05, 0.1) is 0 Å². The molecule has 2 aliphatic heterocycles. The predicted molar refractivity (Wildman–Crippen MR) is 100 cm³/mol. The predicted octanol–water partition coefficient (Wildman–Crippen LogP) is 3.04. The van der Waals surface area contributed by atoms with E-state index in [0.717, 1.165) is 13.0 Å². The van der Waals surface area contributed by atoms with Gasteiger partial charge in [0.15, 0.2) is 0 Å². The lowest BCUT2D eigenvalue weighted by molar-refractivity contribution is 0.165. The van der Waals surface area contributed by atoms with E-state index in [1.165, 1.54) is 70.4 Å². The van der Waals surface area contributed by atoms with Crippen LogP contribution in [0, 0.1) is 11.8 Å². The van der Waals surface area contributed by atoms with E-state index in [9.17, 15) is 5.11 Å².